The fraction of sp³-hybridized carbons (Fsp3) is 0.250. The fourth-order valence-corrected chi connectivity index (χ4v) is 1.51. The number of nitrogens with two attached hydrogens (primary N) is 1. The average molecular weight is 194 g/mol. The first kappa shape index (κ1) is 9.55. The van der Waals surface area contributed by atoms with Crippen LogP contribution >= 0.6 is 11.5 Å². The number of nitrogens with zero attached hydrogens (tertiary/aromatic N) is 2. The summed E-state index contributed by atoms with van der Waals surface area (Å²) in [6.45, 7) is 4.35. The van der Waals surface area contributed by atoms with Crippen molar-refractivity contribution in [3.05, 3.63) is 18.2 Å². The van der Waals surface area contributed by atoms with E-state index >= 15 is 0 Å². The van der Waals surface area contributed by atoms with Crippen molar-refractivity contribution in [1.29, 1.82) is 5.26 Å². The van der Waals surface area contributed by atoms with Crippen LogP contribution in [0.2, 0.25) is 0 Å². The van der Waals surface area contributed by atoms with Gasteiger partial charge >= 0.3 is 0 Å². The standard InChI is InChI=1S/C8H10N4S/c1-2-3-4-11-8-6(5-9)7(10)12-13-8/h2,11H,1,3-4H2,(H2,10,12). The van der Waals surface area contributed by atoms with Crippen LogP contribution < -0.4 is 11.1 Å². The van der Waals surface area contributed by atoms with Gasteiger partial charge in [-0.15, -0.1) is 6.58 Å². The number of hydrogen-bond donors (Lipinski definition) is 2. The molecule has 13 heavy (non-hydrogen) atoms. The van der Waals surface area contributed by atoms with E-state index in [1.54, 1.807) is 0 Å². The monoisotopic (exact) mass is 194 g/mol. The molecule has 4 nitrogen and oxygen atoms in total. The molecule has 0 unspecified atom stereocenters. The lowest BCUT2D eigenvalue weighted by Crippen LogP contribution is -2.00. The molecule has 1 aromatic heterocycles. The van der Waals surface area contributed by atoms with E-state index in [0.29, 0.717) is 11.4 Å². The van der Waals surface area contributed by atoms with Crippen LogP contribution in [0, 0.1) is 11.3 Å². The van der Waals surface area contributed by atoms with Crippen LogP contribution in [0.4, 0.5) is 10.8 Å². The first-order valence-corrected chi connectivity index (χ1v) is 4.57. The Bertz CT molecular complexity index is 336. The maximum Gasteiger partial charge on any atom is 0.157 e. The third kappa shape index (κ3) is 2.20. The van der Waals surface area contributed by atoms with Gasteiger partial charge in [-0.3, -0.25) is 0 Å². The lowest BCUT2D eigenvalue weighted by Gasteiger charge is -1.99. The van der Waals surface area contributed by atoms with Gasteiger partial charge in [0.25, 0.3) is 0 Å². The Morgan fingerprint density at radius 3 is 3.15 bits per heavy atom. The molecule has 0 aliphatic rings. The lowest BCUT2D eigenvalue weighted by molar-refractivity contribution is 1.08. The summed E-state index contributed by atoms with van der Waals surface area (Å²) in [6, 6.07) is 2.01. The second kappa shape index (κ2) is 4.48. The largest absolute Gasteiger partial charge is 0.382 e. The number of hydrogen-bond acceptors (Lipinski definition) is 5. The van der Waals surface area contributed by atoms with Crippen molar-refractivity contribution in [1.82, 2.24) is 4.37 Å². The lowest BCUT2D eigenvalue weighted by atomic mass is 10.3. The first-order chi connectivity index (χ1) is 6.29. The summed E-state index contributed by atoms with van der Waals surface area (Å²) in [7, 11) is 0. The van der Waals surface area contributed by atoms with Crippen LogP contribution in [0.1, 0.15) is 12.0 Å². The summed E-state index contributed by atoms with van der Waals surface area (Å²) >= 11 is 1.21. The van der Waals surface area contributed by atoms with E-state index in [1.165, 1.54) is 11.5 Å². The van der Waals surface area contributed by atoms with Crippen LogP contribution in [0.25, 0.3) is 0 Å². The summed E-state index contributed by atoms with van der Waals surface area (Å²) in [5.41, 5.74) is 5.91. The number of nitrogens with one attached hydrogen (secondary N) is 1. The van der Waals surface area contributed by atoms with Gasteiger partial charge < -0.3 is 11.1 Å². The quantitative estimate of drug-likeness (QED) is 0.563. The van der Waals surface area contributed by atoms with E-state index < -0.39 is 0 Å². The van der Waals surface area contributed by atoms with Crippen molar-refractivity contribution < 1.29 is 0 Å². The van der Waals surface area contributed by atoms with Gasteiger partial charge in [0, 0.05) is 6.54 Å². The Morgan fingerprint density at radius 1 is 1.77 bits per heavy atom. The van der Waals surface area contributed by atoms with Crippen molar-refractivity contribution in [3.63, 3.8) is 0 Å². The van der Waals surface area contributed by atoms with Crippen LogP contribution in [0.3, 0.4) is 0 Å². The summed E-state index contributed by atoms with van der Waals surface area (Å²) in [5, 5.41) is 12.5. The van der Waals surface area contributed by atoms with Crippen molar-refractivity contribution in [3.8, 4) is 6.07 Å². The minimum Gasteiger partial charge on any atom is -0.382 e. The highest BCUT2D eigenvalue weighted by atomic mass is 32.1. The predicted molar refractivity (Wildman–Crippen MR) is 54.5 cm³/mol. The molecule has 0 amide bonds. The summed E-state index contributed by atoms with van der Waals surface area (Å²) < 4.78 is 3.87. The maximum atomic E-state index is 8.72. The first-order valence-electron chi connectivity index (χ1n) is 3.79. The van der Waals surface area contributed by atoms with Gasteiger partial charge in [0.15, 0.2) is 5.82 Å². The Morgan fingerprint density at radius 2 is 2.54 bits per heavy atom. The fourth-order valence-electron chi connectivity index (χ4n) is 0.819. The molecule has 0 saturated carbocycles. The topological polar surface area (TPSA) is 74.7 Å². The summed E-state index contributed by atoms with van der Waals surface area (Å²) in [6.07, 6.45) is 2.66. The van der Waals surface area contributed by atoms with Crippen LogP contribution in [0.15, 0.2) is 12.7 Å². The molecular formula is C8H10N4S. The Labute approximate surface area is 80.8 Å². The van der Waals surface area contributed by atoms with Crippen LogP contribution in [-0.2, 0) is 0 Å². The average Bonchev–Trinajstić information content (AvgIpc) is 2.47. The van der Waals surface area contributed by atoms with Gasteiger partial charge in [0.05, 0.1) is 0 Å². The van der Waals surface area contributed by atoms with Crippen molar-refractivity contribution >= 4 is 22.4 Å². The van der Waals surface area contributed by atoms with Gasteiger partial charge in [-0.1, -0.05) is 6.08 Å². The van der Waals surface area contributed by atoms with Crippen molar-refractivity contribution in [2.24, 2.45) is 0 Å². The number of rotatable bonds is 4. The smallest absolute Gasteiger partial charge is 0.157 e. The van der Waals surface area contributed by atoms with Crippen molar-refractivity contribution in [2.75, 3.05) is 17.6 Å². The molecule has 5 heteroatoms. The highest BCUT2D eigenvalue weighted by molar-refractivity contribution is 7.10. The second-order valence-electron chi connectivity index (χ2n) is 2.39. The molecule has 0 aromatic carbocycles. The highest BCUT2D eigenvalue weighted by Crippen LogP contribution is 2.25. The maximum absolute atomic E-state index is 8.72. The van der Waals surface area contributed by atoms with Gasteiger partial charge in [0.2, 0.25) is 0 Å². The third-order valence-corrected chi connectivity index (χ3v) is 2.28. The number of anilines is 2. The Hall–Kier alpha value is -1.54. The molecule has 1 aromatic rings. The van der Waals surface area contributed by atoms with E-state index in [2.05, 4.69) is 16.3 Å². The normalized spacial score (nSPS) is 9.15. The predicted octanol–water partition coefficient (Wildman–Crippen LogP) is 1.58. The molecule has 0 radical (unpaired) electrons. The molecule has 0 atom stereocenters. The highest BCUT2D eigenvalue weighted by Gasteiger charge is 2.09. The van der Waals surface area contributed by atoms with E-state index in [0.717, 1.165) is 18.0 Å². The van der Waals surface area contributed by atoms with Gasteiger partial charge in [-0.25, -0.2) is 0 Å². The minimum absolute atomic E-state index is 0.300. The number of nitriles is 1. The molecular weight excluding hydrogens is 184 g/mol. The zero-order valence-electron chi connectivity index (χ0n) is 7.08. The molecule has 1 rings (SSSR count). The number of nitrogen functional groups attached to an aromatic ring is 1. The molecule has 0 saturated heterocycles. The van der Waals surface area contributed by atoms with Gasteiger partial charge in [0.1, 0.15) is 16.6 Å². The Balaban J connectivity index is 2.67. The summed E-state index contributed by atoms with van der Waals surface area (Å²) in [4.78, 5) is 0. The molecule has 0 bridgehead atoms. The van der Waals surface area contributed by atoms with E-state index in [1.807, 2.05) is 12.1 Å². The van der Waals surface area contributed by atoms with E-state index in [9.17, 15) is 0 Å². The molecule has 0 aliphatic heterocycles. The zero-order chi connectivity index (χ0) is 9.68. The van der Waals surface area contributed by atoms with Gasteiger partial charge in [-0.05, 0) is 18.0 Å². The zero-order valence-corrected chi connectivity index (χ0v) is 7.90. The minimum atomic E-state index is 0.300. The van der Waals surface area contributed by atoms with Crippen LogP contribution in [0.5, 0.6) is 0 Å². The number of aromatic nitrogens is 1. The molecule has 68 valence electrons. The molecule has 0 fully saturated rings. The molecule has 3 N–H and O–H groups in total. The summed E-state index contributed by atoms with van der Waals surface area (Å²) in [5.74, 6) is 0.300. The van der Waals surface area contributed by atoms with Gasteiger partial charge in [-0.2, -0.15) is 9.64 Å². The van der Waals surface area contributed by atoms with Crippen LogP contribution in [-0.4, -0.2) is 10.9 Å². The molecule has 0 spiro atoms. The van der Waals surface area contributed by atoms with E-state index in [-0.39, 0.29) is 0 Å². The molecule has 1 heterocycles. The molecule has 0 aliphatic carbocycles. The van der Waals surface area contributed by atoms with Crippen molar-refractivity contribution in [2.45, 2.75) is 6.42 Å². The SMILES string of the molecule is C=CCCNc1snc(N)c1C#N. The third-order valence-electron chi connectivity index (χ3n) is 1.46. The van der Waals surface area contributed by atoms with E-state index in [4.69, 9.17) is 11.0 Å². The second-order valence-corrected chi connectivity index (χ2v) is 3.16. The Kier molecular flexibility index (Phi) is 3.29.